The van der Waals surface area contributed by atoms with Gasteiger partial charge >= 0.3 is 5.97 Å². The van der Waals surface area contributed by atoms with E-state index in [1.165, 1.54) is 27.5 Å². The third-order valence-corrected chi connectivity index (χ3v) is 11.8. The Balaban J connectivity index is 1.24. The van der Waals surface area contributed by atoms with Crippen LogP contribution in [0.15, 0.2) is 82.3 Å². The Hall–Kier alpha value is -3.21. The van der Waals surface area contributed by atoms with Crippen LogP contribution in [-0.2, 0) is 19.6 Å². The molecule has 2 aliphatic heterocycles. The maximum atomic E-state index is 13.8. The first-order valence-corrected chi connectivity index (χ1v) is 18.6. The second kappa shape index (κ2) is 14.3. The summed E-state index contributed by atoms with van der Waals surface area (Å²) in [6.07, 6.45) is 5.55. The van der Waals surface area contributed by atoms with Crippen molar-refractivity contribution < 1.29 is 22.7 Å². The average molecular weight is 729 g/mol. The third-order valence-electron chi connectivity index (χ3n) is 9.14. The Morgan fingerprint density at radius 2 is 1.58 bits per heavy atom. The standard InChI is InChI=1S/C36H36Cl3N3O5S/c1-22-16-23(2)20-41(19-22)48(45,46)29-14-15-32(39)31(18-29)36(44)47-21-33(43)42-35(25-8-12-28(38)13-9-25)30-5-3-4-26(34(30)40-42)17-24-6-10-27(37)11-7-24/h6-15,17-18,22-23,30,35H,3-5,16,19-21H2,1-2H3/b26-17-. The van der Waals surface area contributed by atoms with Gasteiger partial charge < -0.3 is 4.74 Å². The minimum atomic E-state index is -3.88. The van der Waals surface area contributed by atoms with Crippen molar-refractivity contribution in [3.8, 4) is 0 Å². The van der Waals surface area contributed by atoms with Gasteiger partial charge in [0.25, 0.3) is 5.91 Å². The highest BCUT2D eigenvalue weighted by atomic mass is 35.5. The normalized spacial score (nSPS) is 23.9. The lowest BCUT2D eigenvalue weighted by atomic mass is 9.77. The number of sulfonamides is 1. The number of nitrogens with zero attached hydrogens (tertiary/aromatic N) is 3. The highest BCUT2D eigenvalue weighted by Crippen LogP contribution is 2.44. The van der Waals surface area contributed by atoms with E-state index in [-0.39, 0.29) is 33.2 Å². The van der Waals surface area contributed by atoms with Crippen LogP contribution in [0.1, 0.15) is 67.1 Å². The van der Waals surface area contributed by atoms with E-state index in [2.05, 4.69) is 6.08 Å². The first-order valence-electron chi connectivity index (χ1n) is 16.0. The van der Waals surface area contributed by atoms with E-state index in [1.807, 2.05) is 50.2 Å². The summed E-state index contributed by atoms with van der Waals surface area (Å²) in [5.41, 5.74) is 3.55. The van der Waals surface area contributed by atoms with Crippen molar-refractivity contribution in [1.29, 1.82) is 0 Å². The van der Waals surface area contributed by atoms with Crippen LogP contribution < -0.4 is 0 Å². The molecule has 0 radical (unpaired) electrons. The Bertz CT molecular complexity index is 1870. The summed E-state index contributed by atoms with van der Waals surface area (Å²) in [5.74, 6) is -1.07. The van der Waals surface area contributed by atoms with Crippen LogP contribution in [0.3, 0.4) is 0 Å². The van der Waals surface area contributed by atoms with Crippen LogP contribution in [0.2, 0.25) is 15.1 Å². The number of hydrogen-bond donors (Lipinski definition) is 0. The number of rotatable bonds is 7. The van der Waals surface area contributed by atoms with Crippen molar-refractivity contribution in [2.24, 2.45) is 22.9 Å². The molecular weight excluding hydrogens is 693 g/mol. The molecule has 3 aromatic rings. The van der Waals surface area contributed by atoms with E-state index < -0.39 is 34.5 Å². The molecule has 0 aromatic heterocycles. The molecule has 12 heteroatoms. The van der Waals surface area contributed by atoms with Gasteiger partial charge in [-0.15, -0.1) is 0 Å². The van der Waals surface area contributed by atoms with Gasteiger partial charge in [0.15, 0.2) is 6.61 Å². The Morgan fingerprint density at radius 1 is 0.938 bits per heavy atom. The molecule has 0 spiro atoms. The molecule has 48 heavy (non-hydrogen) atoms. The van der Waals surface area contributed by atoms with Crippen LogP contribution in [0.5, 0.6) is 0 Å². The molecule has 0 bridgehead atoms. The number of halogens is 3. The van der Waals surface area contributed by atoms with Gasteiger partial charge in [-0.2, -0.15) is 9.41 Å². The SMILES string of the molecule is CC1CC(C)CN(S(=O)(=O)c2ccc(Cl)c(C(=O)OCC(=O)N3N=C4/C(=C\c5ccc(Cl)cc5)CCCC4C3c3ccc(Cl)cc3)c2)C1. The zero-order valence-corrected chi connectivity index (χ0v) is 29.7. The number of hydrogen-bond acceptors (Lipinski definition) is 6. The number of benzene rings is 3. The van der Waals surface area contributed by atoms with E-state index in [9.17, 15) is 18.0 Å². The zero-order chi connectivity index (χ0) is 34.2. The van der Waals surface area contributed by atoms with E-state index in [1.54, 1.807) is 12.1 Å². The molecular formula is C36H36Cl3N3O5S. The van der Waals surface area contributed by atoms with Crippen LogP contribution in [-0.4, -0.2) is 55.0 Å². The highest BCUT2D eigenvalue weighted by Gasteiger charge is 2.44. The molecule has 2 fully saturated rings. The maximum Gasteiger partial charge on any atom is 0.340 e. The number of fused-ring (bicyclic) bond motifs is 1. The van der Waals surface area contributed by atoms with Gasteiger partial charge in [-0.05, 0) is 103 Å². The van der Waals surface area contributed by atoms with Gasteiger partial charge in [0.1, 0.15) is 0 Å². The highest BCUT2D eigenvalue weighted by molar-refractivity contribution is 7.89. The second-order valence-corrected chi connectivity index (χ2v) is 16.1. The minimum Gasteiger partial charge on any atom is -0.452 e. The molecule has 8 nitrogen and oxygen atoms in total. The number of ether oxygens (including phenoxy) is 1. The summed E-state index contributed by atoms with van der Waals surface area (Å²) in [6, 6.07) is 18.4. The molecule has 3 aliphatic rings. The summed E-state index contributed by atoms with van der Waals surface area (Å²) >= 11 is 18.6. The molecule has 252 valence electrons. The first-order chi connectivity index (χ1) is 22.9. The third kappa shape index (κ3) is 7.36. The van der Waals surface area contributed by atoms with Crippen molar-refractivity contribution in [1.82, 2.24) is 9.31 Å². The van der Waals surface area contributed by atoms with Crippen molar-refractivity contribution in [3.63, 3.8) is 0 Å². The van der Waals surface area contributed by atoms with Gasteiger partial charge in [0.2, 0.25) is 10.0 Å². The zero-order valence-electron chi connectivity index (χ0n) is 26.6. The van der Waals surface area contributed by atoms with Gasteiger partial charge in [0, 0.05) is 29.1 Å². The molecule has 1 amide bonds. The lowest BCUT2D eigenvalue weighted by Gasteiger charge is -2.34. The lowest BCUT2D eigenvalue weighted by molar-refractivity contribution is -0.137. The number of allylic oxidation sites excluding steroid dienone is 1. The Morgan fingerprint density at radius 3 is 2.25 bits per heavy atom. The predicted octanol–water partition coefficient (Wildman–Crippen LogP) is 8.29. The molecule has 2 heterocycles. The van der Waals surface area contributed by atoms with Crippen LogP contribution in [0.4, 0.5) is 0 Å². The monoisotopic (exact) mass is 727 g/mol. The average Bonchev–Trinajstić information content (AvgIpc) is 3.45. The molecule has 1 saturated carbocycles. The fourth-order valence-corrected chi connectivity index (χ4v) is 9.16. The number of carbonyl (C=O) groups excluding carboxylic acids is 2. The van der Waals surface area contributed by atoms with E-state index in [0.29, 0.717) is 23.1 Å². The van der Waals surface area contributed by atoms with Crippen LogP contribution in [0, 0.1) is 17.8 Å². The first kappa shape index (κ1) is 34.6. The number of carbonyl (C=O) groups is 2. The molecule has 0 N–H and O–H groups in total. The Labute approximate surface area is 296 Å². The number of piperidine rings is 1. The molecule has 3 aromatic carbocycles. The van der Waals surface area contributed by atoms with Gasteiger partial charge in [-0.3, -0.25) is 4.79 Å². The molecule has 6 rings (SSSR count). The van der Waals surface area contributed by atoms with Crippen molar-refractivity contribution in [3.05, 3.63) is 104 Å². The van der Waals surface area contributed by atoms with E-state index in [4.69, 9.17) is 44.6 Å². The van der Waals surface area contributed by atoms with Gasteiger partial charge in [-0.1, -0.05) is 72.9 Å². The molecule has 1 aliphatic carbocycles. The minimum absolute atomic E-state index is 0.0234. The summed E-state index contributed by atoms with van der Waals surface area (Å²) in [6.45, 7) is 4.22. The van der Waals surface area contributed by atoms with Gasteiger partial charge in [-0.25, -0.2) is 18.2 Å². The maximum absolute atomic E-state index is 13.8. The summed E-state index contributed by atoms with van der Waals surface area (Å²) in [7, 11) is -3.88. The smallest absolute Gasteiger partial charge is 0.340 e. The van der Waals surface area contributed by atoms with E-state index >= 15 is 0 Å². The van der Waals surface area contributed by atoms with Crippen molar-refractivity contribution in [2.75, 3.05) is 19.7 Å². The number of amides is 1. The van der Waals surface area contributed by atoms with E-state index in [0.717, 1.165) is 48.1 Å². The van der Waals surface area contributed by atoms with Crippen LogP contribution in [0.25, 0.3) is 6.08 Å². The quantitative estimate of drug-likeness (QED) is 0.228. The summed E-state index contributed by atoms with van der Waals surface area (Å²) < 4.78 is 34.0. The topological polar surface area (TPSA) is 96.3 Å². The molecule has 1 saturated heterocycles. The lowest BCUT2D eigenvalue weighted by Crippen LogP contribution is -2.42. The fraction of sp³-hybridized carbons (Fsp3) is 0.361. The predicted molar refractivity (Wildman–Crippen MR) is 189 cm³/mol. The van der Waals surface area contributed by atoms with Crippen molar-refractivity contribution >= 4 is 68.5 Å². The number of esters is 1. The summed E-state index contributed by atoms with van der Waals surface area (Å²) in [5, 5.41) is 7.48. The largest absolute Gasteiger partial charge is 0.452 e. The van der Waals surface area contributed by atoms with Crippen LogP contribution >= 0.6 is 34.8 Å². The summed E-state index contributed by atoms with van der Waals surface area (Å²) in [4.78, 5) is 27.1. The van der Waals surface area contributed by atoms with Crippen molar-refractivity contribution in [2.45, 2.75) is 50.5 Å². The fourth-order valence-electron chi connectivity index (χ4n) is 7.00. The van der Waals surface area contributed by atoms with Gasteiger partial charge in [0.05, 0.1) is 27.2 Å². The number of hydrazone groups is 1. The Kier molecular flexibility index (Phi) is 10.3. The second-order valence-electron chi connectivity index (χ2n) is 12.9. The molecule has 4 unspecified atom stereocenters. The molecule has 4 atom stereocenters.